The summed E-state index contributed by atoms with van der Waals surface area (Å²) in [6, 6.07) is 0. The molecule has 2 heteroatoms. The molecular weight excluding hydrogens is 178 g/mol. The van der Waals surface area contributed by atoms with Crippen molar-refractivity contribution in [2.45, 2.75) is 30.9 Å². The maximum atomic E-state index is 3.61. The summed E-state index contributed by atoms with van der Waals surface area (Å²) in [4.78, 5) is 0. The van der Waals surface area contributed by atoms with Gasteiger partial charge in [0.2, 0.25) is 0 Å². The maximum absolute atomic E-state index is 3.61. The smallest absolute Gasteiger partial charge is 0.0356 e. The van der Waals surface area contributed by atoms with Gasteiger partial charge < -0.3 is 5.32 Å². The van der Waals surface area contributed by atoms with Crippen molar-refractivity contribution in [1.29, 1.82) is 0 Å². The molecule has 1 N–H and O–H groups in total. The molecule has 0 aromatic rings. The largest absolute Gasteiger partial charge is 0.388 e. The first kappa shape index (κ1) is 7.98. The lowest BCUT2D eigenvalue weighted by Gasteiger charge is -2.34. The summed E-state index contributed by atoms with van der Waals surface area (Å²) in [5, 5.41) is 6.67. The van der Waals surface area contributed by atoms with Crippen LogP contribution in [0.5, 0.6) is 0 Å². The van der Waals surface area contributed by atoms with Crippen molar-refractivity contribution < 1.29 is 0 Å². The van der Waals surface area contributed by atoms with Gasteiger partial charge in [-0.25, -0.2) is 0 Å². The number of piperidine rings is 1. The first-order chi connectivity index (χ1) is 6.45. The zero-order chi connectivity index (χ0) is 8.67. The molecule has 13 heavy (non-hydrogen) atoms. The summed E-state index contributed by atoms with van der Waals surface area (Å²) >= 11 is 2.00. The normalized spacial score (nSPS) is 36.9. The van der Waals surface area contributed by atoms with Crippen molar-refractivity contribution in [3.8, 4) is 0 Å². The van der Waals surface area contributed by atoms with Crippen LogP contribution in [0.25, 0.3) is 0 Å². The van der Waals surface area contributed by atoms with Crippen molar-refractivity contribution >= 4 is 11.8 Å². The minimum atomic E-state index is 0.789. The molecule has 70 valence electrons. The van der Waals surface area contributed by atoms with Crippen LogP contribution >= 0.6 is 11.8 Å². The predicted octanol–water partition coefficient (Wildman–Crippen LogP) is 2.66. The predicted molar refractivity (Wildman–Crippen MR) is 57.5 cm³/mol. The molecule has 1 fully saturated rings. The molecule has 2 aliphatic heterocycles. The monoisotopic (exact) mass is 193 g/mol. The van der Waals surface area contributed by atoms with Gasteiger partial charge in [-0.05, 0) is 48.7 Å². The van der Waals surface area contributed by atoms with E-state index in [-0.39, 0.29) is 0 Å². The van der Waals surface area contributed by atoms with E-state index in [4.69, 9.17) is 0 Å². The molecule has 3 rings (SSSR count). The number of thioether (sulfide) groups is 1. The Morgan fingerprint density at radius 2 is 2.31 bits per heavy atom. The number of hydrogen-bond acceptors (Lipinski definition) is 2. The zero-order valence-corrected chi connectivity index (χ0v) is 8.57. The number of fused-ring (bicyclic) bond motifs is 2. The van der Waals surface area contributed by atoms with Gasteiger partial charge in [-0.1, -0.05) is 0 Å². The Balaban J connectivity index is 1.98. The van der Waals surface area contributed by atoms with Crippen molar-refractivity contribution in [2.24, 2.45) is 5.92 Å². The fourth-order valence-electron chi connectivity index (χ4n) is 2.71. The molecule has 0 bridgehead atoms. The highest BCUT2D eigenvalue weighted by Gasteiger charge is 2.31. The third kappa shape index (κ3) is 1.23. The Morgan fingerprint density at radius 1 is 1.31 bits per heavy atom. The van der Waals surface area contributed by atoms with Crippen molar-refractivity contribution in [3.63, 3.8) is 0 Å². The highest BCUT2D eigenvalue weighted by molar-refractivity contribution is 8.03. The van der Waals surface area contributed by atoms with Gasteiger partial charge in [0.05, 0.1) is 0 Å². The van der Waals surface area contributed by atoms with Crippen LogP contribution in [0.3, 0.4) is 0 Å². The summed E-state index contributed by atoms with van der Waals surface area (Å²) < 4.78 is 0. The Hall–Kier alpha value is -0.370. The van der Waals surface area contributed by atoms with Crippen LogP contribution < -0.4 is 5.32 Å². The van der Waals surface area contributed by atoms with Crippen LogP contribution in [0, 0.1) is 5.92 Å². The molecule has 1 nitrogen and oxygen atoms in total. The quantitative estimate of drug-likeness (QED) is 0.635. The van der Waals surface area contributed by atoms with Crippen molar-refractivity contribution in [2.75, 3.05) is 6.54 Å². The molecule has 3 aliphatic rings. The topological polar surface area (TPSA) is 12.0 Å². The molecule has 2 unspecified atom stereocenters. The number of rotatable bonds is 0. The van der Waals surface area contributed by atoms with Gasteiger partial charge in [-0.3, -0.25) is 0 Å². The SMILES string of the molecule is C1=CC2=C3NCCCC3CCC2S1. The van der Waals surface area contributed by atoms with Gasteiger partial charge in [0.1, 0.15) is 0 Å². The molecule has 2 atom stereocenters. The number of allylic oxidation sites excluding steroid dienone is 2. The minimum Gasteiger partial charge on any atom is -0.388 e. The summed E-state index contributed by atoms with van der Waals surface area (Å²) in [5.41, 5.74) is 3.20. The lowest BCUT2D eigenvalue weighted by molar-refractivity contribution is 0.390. The summed E-state index contributed by atoms with van der Waals surface area (Å²) in [7, 11) is 0. The average molecular weight is 193 g/mol. The highest BCUT2D eigenvalue weighted by Crippen LogP contribution is 2.43. The maximum Gasteiger partial charge on any atom is 0.0356 e. The summed E-state index contributed by atoms with van der Waals surface area (Å²) in [6.07, 6.45) is 7.91. The van der Waals surface area contributed by atoms with E-state index in [9.17, 15) is 0 Å². The van der Waals surface area contributed by atoms with E-state index < -0.39 is 0 Å². The van der Waals surface area contributed by atoms with Crippen LogP contribution in [0.1, 0.15) is 25.7 Å². The first-order valence-electron chi connectivity index (χ1n) is 5.25. The van der Waals surface area contributed by atoms with Gasteiger partial charge in [-0.15, -0.1) is 11.8 Å². The standard InChI is InChI=1S/C11H15NS/c1-2-8-3-4-10-9(5-7-13-10)11(8)12-6-1/h5,7-8,10,12H,1-4,6H2. The third-order valence-electron chi connectivity index (χ3n) is 3.38. The number of nitrogens with one attached hydrogen (secondary N) is 1. The van der Waals surface area contributed by atoms with Gasteiger partial charge in [0.25, 0.3) is 0 Å². The van der Waals surface area contributed by atoms with Gasteiger partial charge >= 0.3 is 0 Å². The Kier molecular flexibility index (Phi) is 1.90. The van der Waals surface area contributed by atoms with Crippen LogP contribution in [0.2, 0.25) is 0 Å². The molecule has 0 amide bonds. The van der Waals surface area contributed by atoms with Crippen LogP contribution in [-0.4, -0.2) is 11.8 Å². The number of hydrogen-bond donors (Lipinski definition) is 1. The van der Waals surface area contributed by atoms with E-state index in [2.05, 4.69) is 16.8 Å². The van der Waals surface area contributed by atoms with Gasteiger partial charge in [0, 0.05) is 17.5 Å². The van der Waals surface area contributed by atoms with Gasteiger partial charge in [-0.2, -0.15) is 0 Å². The first-order valence-corrected chi connectivity index (χ1v) is 6.19. The molecule has 0 radical (unpaired) electrons. The van der Waals surface area contributed by atoms with Crippen molar-refractivity contribution in [3.05, 3.63) is 22.8 Å². The lowest BCUT2D eigenvalue weighted by atomic mass is 9.82. The fourth-order valence-corrected chi connectivity index (χ4v) is 3.75. The summed E-state index contributed by atoms with van der Waals surface area (Å²) in [6.45, 7) is 1.20. The molecule has 1 saturated heterocycles. The fraction of sp³-hybridized carbons (Fsp3) is 0.636. The second kappa shape index (κ2) is 3.09. The highest BCUT2D eigenvalue weighted by atomic mass is 32.2. The van der Waals surface area contributed by atoms with Crippen LogP contribution in [0.4, 0.5) is 0 Å². The third-order valence-corrected chi connectivity index (χ3v) is 4.49. The van der Waals surface area contributed by atoms with Crippen LogP contribution in [0.15, 0.2) is 22.8 Å². The van der Waals surface area contributed by atoms with E-state index in [0.29, 0.717) is 0 Å². The average Bonchev–Trinajstić information content (AvgIpc) is 2.65. The van der Waals surface area contributed by atoms with E-state index in [0.717, 1.165) is 11.2 Å². The molecule has 1 aliphatic carbocycles. The molecule has 0 saturated carbocycles. The molecule has 0 aromatic carbocycles. The lowest BCUT2D eigenvalue weighted by Crippen LogP contribution is -2.33. The Bertz CT molecular complexity index is 280. The van der Waals surface area contributed by atoms with Gasteiger partial charge in [0.15, 0.2) is 0 Å². The molecule has 0 aromatic heterocycles. The molecule has 0 spiro atoms. The van der Waals surface area contributed by atoms with E-state index >= 15 is 0 Å². The van der Waals surface area contributed by atoms with E-state index in [1.807, 2.05) is 11.8 Å². The minimum absolute atomic E-state index is 0.789. The van der Waals surface area contributed by atoms with Crippen LogP contribution in [-0.2, 0) is 0 Å². The van der Waals surface area contributed by atoms with E-state index in [1.165, 1.54) is 32.2 Å². The second-order valence-corrected chi connectivity index (χ2v) is 5.25. The molecular formula is C11H15NS. The second-order valence-electron chi connectivity index (χ2n) is 4.14. The Labute approximate surface area is 83.7 Å². The van der Waals surface area contributed by atoms with Crippen molar-refractivity contribution in [1.82, 2.24) is 5.32 Å². The Morgan fingerprint density at radius 3 is 3.31 bits per heavy atom. The molecule has 2 heterocycles. The zero-order valence-electron chi connectivity index (χ0n) is 7.75. The van der Waals surface area contributed by atoms with E-state index in [1.54, 1.807) is 11.3 Å². The summed E-state index contributed by atoms with van der Waals surface area (Å²) in [5.74, 6) is 0.864.